The molecule has 2 aromatic heterocycles. The Balaban J connectivity index is 1.53. The lowest BCUT2D eigenvalue weighted by Crippen LogP contribution is -2.41. The van der Waals surface area contributed by atoms with E-state index in [4.69, 9.17) is 0 Å². The summed E-state index contributed by atoms with van der Waals surface area (Å²) >= 11 is 1.63. The number of aromatic nitrogens is 3. The number of nitrogens with one attached hydrogen (secondary N) is 2. The summed E-state index contributed by atoms with van der Waals surface area (Å²) in [7, 11) is 0. The van der Waals surface area contributed by atoms with E-state index < -0.39 is 11.8 Å². The molecule has 0 aliphatic rings. The summed E-state index contributed by atoms with van der Waals surface area (Å²) in [5.74, 6) is -1.34. The van der Waals surface area contributed by atoms with Gasteiger partial charge in [-0.05, 0) is 42.6 Å². The molecule has 0 saturated carbocycles. The zero-order valence-electron chi connectivity index (χ0n) is 13.5. The molecule has 128 valence electrons. The van der Waals surface area contributed by atoms with Crippen molar-refractivity contribution in [3.8, 4) is 5.69 Å². The lowest BCUT2D eigenvalue weighted by molar-refractivity contribution is -0.136. The average molecular weight is 355 g/mol. The number of rotatable bonds is 5. The number of hydrogen-bond donors (Lipinski definition) is 2. The van der Waals surface area contributed by atoms with Gasteiger partial charge in [-0.25, -0.2) is 9.67 Å². The fourth-order valence-corrected chi connectivity index (χ4v) is 3.13. The Morgan fingerprint density at radius 3 is 2.64 bits per heavy atom. The van der Waals surface area contributed by atoms with E-state index in [0.29, 0.717) is 12.1 Å². The lowest BCUT2D eigenvalue weighted by Gasteiger charge is -2.13. The molecule has 7 nitrogen and oxygen atoms in total. The molecule has 3 aromatic rings. The Morgan fingerprint density at radius 1 is 1.20 bits per heavy atom. The van der Waals surface area contributed by atoms with Crippen LogP contribution in [0.1, 0.15) is 11.8 Å². The first-order valence-corrected chi connectivity index (χ1v) is 8.59. The predicted molar refractivity (Wildman–Crippen MR) is 95.6 cm³/mol. The third kappa shape index (κ3) is 4.51. The molecule has 1 unspecified atom stereocenters. The van der Waals surface area contributed by atoms with E-state index in [9.17, 15) is 9.59 Å². The normalized spacial score (nSPS) is 11.7. The minimum atomic E-state index is -0.688. The summed E-state index contributed by atoms with van der Waals surface area (Å²) in [5, 5.41) is 11.3. The Labute approximate surface area is 148 Å². The van der Waals surface area contributed by atoms with E-state index in [2.05, 4.69) is 20.7 Å². The number of thiophene rings is 1. The van der Waals surface area contributed by atoms with Crippen LogP contribution in [0.5, 0.6) is 0 Å². The molecule has 1 aromatic carbocycles. The maximum absolute atomic E-state index is 12.0. The van der Waals surface area contributed by atoms with Crippen LogP contribution in [0.4, 0.5) is 5.69 Å². The molecule has 1 atom stereocenters. The van der Waals surface area contributed by atoms with Gasteiger partial charge in [0.1, 0.15) is 12.7 Å². The SMILES string of the molecule is CC(Cc1cccs1)NC(=O)C(=O)Nc1ccc(-n2cncn2)cc1. The van der Waals surface area contributed by atoms with Gasteiger partial charge in [-0.1, -0.05) is 6.07 Å². The van der Waals surface area contributed by atoms with Crippen LogP contribution < -0.4 is 10.6 Å². The van der Waals surface area contributed by atoms with Crippen LogP contribution in [0.3, 0.4) is 0 Å². The molecule has 3 rings (SSSR count). The number of nitrogens with zero attached hydrogens (tertiary/aromatic N) is 3. The van der Waals surface area contributed by atoms with E-state index in [1.54, 1.807) is 46.6 Å². The van der Waals surface area contributed by atoms with Gasteiger partial charge in [0.2, 0.25) is 0 Å². The quantitative estimate of drug-likeness (QED) is 0.685. The second-order valence-electron chi connectivity index (χ2n) is 5.50. The molecule has 0 fully saturated rings. The number of anilines is 1. The van der Waals surface area contributed by atoms with Crippen molar-refractivity contribution >= 4 is 28.8 Å². The number of amides is 2. The summed E-state index contributed by atoms with van der Waals surface area (Å²) in [5.41, 5.74) is 1.35. The lowest BCUT2D eigenvalue weighted by atomic mass is 10.2. The topological polar surface area (TPSA) is 88.9 Å². The van der Waals surface area contributed by atoms with Gasteiger partial charge in [0.05, 0.1) is 5.69 Å². The van der Waals surface area contributed by atoms with Crippen LogP contribution in [0.15, 0.2) is 54.4 Å². The van der Waals surface area contributed by atoms with Gasteiger partial charge in [-0.3, -0.25) is 9.59 Å². The van der Waals surface area contributed by atoms with Crippen molar-refractivity contribution in [3.05, 3.63) is 59.3 Å². The Bertz CT molecular complexity index is 829. The second kappa shape index (κ2) is 7.71. The average Bonchev–Trinajstić information content (AvgIpc) is 3.29. The minimum Gasteiger partial charge on any atom is -0.345 e. The first-order chi connectivity index (χ1) is 12.1. The third-order valence-corrected chi connectivity index (χ3v) is 4.38. The summed E-state index contributed by atoms with van der Waals surface area (Å²) < 4.78 is 1.60. The van der Waals surface area contributed by atoms with Crippen molar-refractivity contribution in [1.82, 2.24) is 20.1 Å². The van der Waals surface area contributed by atoms with Crippen LogP contribution >= 0.6 is 11.3 Å². The molecule has 0 aliphatic heterocycles. The molecule has 0 radical (unpaired) electrons. The van der Waals surface area contributed by atoms with Crippen molar-refractivity contribution < 1.29 is 9.59 Å². The molecule has 2 N–H and O–H groups in total. The maximum Gasteiger partial charge on any atom is 0.313 e. The minimum absolute atomic E-state index is 0.119. The third-order valence-electron chi connectivity index (χ3n) is 3.48. The van der Waals surface area contributed by atoms with E-state index >= 15 is 0 Å². The molecule has 0 saturated heterocycles. The smallest absolute Gasteiger partial charge is 0.313 e. The highest BCUT2D eigenvalue weighted by Crippen LogP contribution is 2.13. The monoisotopic (exact) mass is 355 g/mol. The molecular weight excluding hydrogens is 338 g/mol. The fourth-order valence-electron chi connectivity index (χ4n) is 2.30. The molecule has 2 amide bonds. The summed E-state index contributed by atoms with van der Waals surface area (Å²) in [6.45, 7) is 1.87. The van der Waals surface area contributed by atoms with E-state index in [-0.39, 0.29) is 6.04 Å². The van der Waals surface area contributed by atoms with Crippen LogP contribution in [0.25, 0.3) is 5.69 Å². The summed E-state index contributed by atoms with van der Waals surface area (Å²) in [6, 6.07) is 10.8. The number of carbonyl (C=O) groups excluding carboxylic acids is 2. The molecule has 0 aliphatic carbocycles. The zero-order chi connectivity index (χ0) is 17.6. The van der Waals surface area contributed by atoms with Gasteiger partial charge in [0.15, 0.2) is 0 Å². The molecular formula is C17H17N5O2S. The van der Waals surface area contributed by atoms with Crippen LogP contribution in [-0.2, 0) is 16.0 Å². The largest absolute Gasteiger partial charge is 0.345 e. The van der Waals surface area contributed by atoms with Crippen molar-refractivity contribution in [1.29, 1.82) is 0 Å². The highest BCUT2D eigenvalue weighted by atomic mass is 32.1. The maximum atomic E-state index is 12.0. The van der Waals surface area contributed by atoms with Gasteiger partial charge in [-0.2, -0.15) is 5.10 Å². The molecule has 2 heterocycles. The molecule has 0 spiro atoms. The number of hydrogen-bond acceptors (Lipinski definition) is 5. The summed E-state index contributed by atoms with van der Waals surface area (Å²) in [4.78, 5) is 29.1. The van der Waals surface area contributed by atoms with E-state index in [0.717, 1.165) is 10.6 Å². The van der Waals surface area contributed by atoms with E-state index in [1.165, 1.54) is 6.33 Å². The van der Waals surface area contributed by atoms with Gasteiger partial charge in [-0.15, -0.1) is 11.3 Å². The van der Waals surface area contributed by atoms with Crippen molar-refractivity contribution in [3.63, 3.8) is 0 Å². The van der Waals surface area contributed by atoms with E-state index in [1.807, 2.05) is 24.4 Å². The summed E-state index contributed by atoms with van der Waals surface area (Å²) in [6.07, 6.45) is 3.72. The molecule has 8 heteroatoms. The number of carbonyl (C=O) groups is 2. The van der Waals surface area contributed by atoms with Gasteiger partial charge < -0.3 is 10.6 Å². The predicted octanol–water partition coefficient (Wildman–Crippen LogP) is 2.01. The Kier molecular flexibility index (Phi) is 5.20. The first-order valence-electron chi connectivity index (χ1n) is 7.71. The van der Waals surface area contributed by atoms with Crippen LogP contribution in [0.2, 0.25) is 0 Å². The Hall–Kier alpha value is -3.00. The highest BCUT2D eigenvalue weighted by Gasteiger charge is 2.16. The Morgan fingerprint density at radius 2 is 2.00 bits per heavy atom. The fraction of sp³-hybridized carbons (Fsp3) is 0.176. The van der Waals surface area contributed by atoms with Gasteiger partial charge in [0.25, 0.3) is 0 Å². The van der Waals surface area contributed by atoms with Crippen LogP contribution in [0, 0.1) is 0 Å². The highest BCUT2D eigenvalue weighted by molar-refractivity contribution is 7.09. The van der Waals surface area contributed by atoms with Gasteiger partial charge >= 0.3 is 11.8 Å². The van der Waals surface area contributed by atoms with Crippen molar-refractivity contribution in [2.45, 2.75) is 19.4 Å². The standard InChI is InChI=1S/C17H17N5O2S/c1-12(9-15-3-2-8-25-15)20-16(23)17(24)21-13-4-6-14(7-5-13)22-11-18-10-19-22/h2-8,10-12H,9H2,1H3,(H,20,23)(H,21,24). The zero-order valence-corrected chi connectivity index (χ0v) is 14.4. The second-order valence-corrected chi connectivity index (χ2v) is 6.53. The molecule has 25 heavy (non-hydrogen) atoms. The number of benzene rings is 1. The van der Waals surface area contributed by atoms with Crippen molar-refractivity contribution in [2.24, 2.45) is 0 Å². The first kappa shape index (κ1) is 16.8. The van der Waals surface area contributed by atoms with Gasteiger partial charge in [0, 0.05) is 23.0 Å². The van der Waals surface area contributed by atoms with Crippen LogP contribution in [-0.4, -0.2) is 32.6 Å². The van der Waals surface area contributed by atoms with Crippen molar-refractivity contribution in [2.75, 3.05) is 5.32 Å². The molecule has 0 bridgehead atoms.